The number of aryl methyl sites for hydroxylation is 2. The average molecular weight is 326 g/mol. The zero-order chi connectivity index (χ0) is 17.5. The number of nitrogens with one attached hydrogen (secondary N) is 2. The molecule has 5 nitrogen and oxygen atoms in total. The van der Waals surface area contributed by atoms with Gasteiger partial charge < -0.3 is 10.6 Å². The van der Waals surface area contributed by atoms with E-state index in [0.29, 0.717) is 24.0 Å². The Morgan fingerprint density at radius 3 is 2.25 bits per heavy atom. The normalized spacial score (nSPS) is 10.7. The maximum Gasteiger partial charge on any atom is 0.271 e. The lowest BCUT2D eigenvalue weighted by molar-refractivity contribution is 0.0943. The van der Waals surface area contributed by atoms with Gasteiger partial charge in [0.05, 0.1) is 12.4 Å². The standard InChI is InChI=1S/C19H26N4O/c1-5-14-8-7-9-15(6-2)18(14)23-17-12-20-16(11-21-17)19(24)22-10-13(3)4/h7-9,11-13H,5-6,10H2,1-4H3,(H,21,23)(H,22,24). The number of rotatable bonds is 7. The van der Waals surface area contributed by atoms with Crippen LogP contribution < -0.4 is 10.6 Å². The Balaban J connectivity index is 2.14. The Hall–Kier alpha value is -2.43. The van der Waals surface area contributed by atoms with Gasteiger partial charge in [-0.3, -0.25) is 4.79 Å². The lowest BCUT2D eigenvalue weighted by atomic mass is 10.0. The molecule has 1 amide bonds. The number of para-hydroxylation sites is 1. The summed E-state index contributed by atoms with van der Waals surface area (Å²) < 4.78 is 0. The third kappa shape index (κ3) is 4.54. The first kappa shape index (κ1) is 17.9. The predicted octanol–water partition coefficient (Wildman–Crippen LogP) is 3.73. The van der Waals surface area contributed by atoms with Crippen LogP contribution in [-0.2, 0) is 12.8 Å². The predicted molar refractivity (Wildman–Crippen MR) is 97.7 cm³/mol. The number of carbonyl (C=O) groups is 1. The highest BCUT2D eigenvalue weighted by Gasteiger charge is 2.10. The number of nitrogens with zero attached hydrogens (tertiary/aromatic N) is 2. The topological polar surface area (TPSA) is 66.9 Å². The summed E-state index contributed by atoms with van der Waals surface area (Å²) in [5.41, 5.74) is 3.92. The third-order valence-corrected chi connectivity index (χ3v) is 3.81. The highest BCUT2D eigenvalue weighted by molar-refractivity contribution is 5.92. The van der Waals surface area contributed by atoms with Gasteiger partial charge in [-0.05, 0) is 29.9 Å². The highest BCUT2D eigenvalue weighted by atomic mass is 16.1. The van der Waals surface area contributed by atoms with Crippen LogP contribution in [0.2, 0.25) is 0 Å². The second-order valence-electron chi connectivity index (χ2n) is 6.17. The fourth-order valence-corrected chi connectivity index (χ4v) is 2.43. The van der Waals surface area contributed by atoms with Crippen molar-refractivity contribution in [2.75, 3.05) is 11.9 Å². The minimum Gasteiger partial charge on any atom is -0.350 e. The molecule has 1 aromatic carbocycles. The fraction of sp³-hybridized carbons (Fsp3) is 0.421. The van der Waals surface area contributed by atoms with Gasteiger partial charge in [-0.25, -0.2) is 9.97 Å². The number of hydrogen-bond acceptors (Lipinski definition) is 4. The Labute approximate surface area is 143 Å². The van der Waals surface area contributed by atoms with Crippen LogP contribution >= 0.6 is 0 Å². The van der Waals surface area contributed by atoms with Gasteiger partial charge in [0, 0.05) is 12.2 Å². The molecule has 1 aromatic heterocycles. The van der Waals surface area contributed by atoms with Gasteiger partial charge in [0.2, 0.25) is 0 Å². The van der Waals surface area contributed by atoms with E-state index in [9.17, 15) is 4.79 Å². The first-order chi connectivity index (χ1) is 11.5. The van der Waals surface area contributed by atoms with E-state index in [2.05, 4.69) is 66.5 Å². The molecule has 0 aliphatic heterocycles. The van der Waals surface area contributed by atoms with Crippen molar-refractivity contribution in [3.05, 3.63) is 47.4 Å². The molecule has 0 aliphatic carbocycles. The van der Waals surface area contributed by atoms with Crippen molar-refractivity contribution in [1.82, 2.24) is 15.3 Å². The van der Waals surface area contributed by atoms with Crippen LogP contribution in [-0.4, -0.2) is 22.4 Å². The van der Waals surface area contributed by atoms with E-state index in [-0.39, 0.29) is 5.91 Å². The zero-order valence-electron chi connectivity index (χ0n) is 14.9. The summed E-state index contributed by atoms with van der Waals surface area (Å²) in [6.07, 6.45) is 5.01. The molecule has 0 saturated carbocycles. The van der Waals surface area contributed by atoms with Crippen molar-refractivity contribution in [2.24, 2.45) is 5.92 Å². The van der Waals surface area contributed by atoms with Gasteiger partial charge in [-0.15, -0.1) is 0 Å². The summed E-state index contributed by atoms with van der Waals surface area (Å²) in [4.78, 5) is 20.6. The molecule has 0 radical (unpaired) electrons. The van der Waals surface area contributed by atoms with E-state index in [0.717, 1.165) is 18.5 Å². The summed E-state index contributed by atoms with van der Waals surface area (Å²) >= 11 is 0. The van der Waals surface area contributed by atoms with Crippen molar-refractivity contribution in [1.29, 1.82) is 0 Å². The van der Waals surface area contributed by atoms with Crippen molar-refractivity contribution in [3.63, 3.8) is 0 Å². The van der Waals surface area contributed by atoms with Crippen molar-refractivity contribution < 1.29 is 4.79 Å². The highest BCUT2D eigenvalue weighted by Crippen LogP contribution is 2.25. The third-order valence-electron chi connectivity index (χ3n) is 3.81. The van der Waals surface area contributed by atoms with Crippen LogP contribution in [0.1, 0.15) is 49.3 Å². The van der Waals surface area contributed by atoms with Crippen LogP contribution in [0, 0.1) is 5.92 Å². The van der Waals surface area contributed by atoms with Gasteiger partial charge in [-0.2, -0.15) is 0 Å². The second-order valence-corrected chi connectivity index (χ2v) is 6.17. The fourth-order valence-electron chi connectivity index (χ4n) is 2.43. The molecule has 0 saturated heterocycles. The second kappa shape index (κ2) is 8.43. The lowest BCUT2D eigenvalue weighted by Crippen LogP contribution is -2.28. The largest absolute Gasteiger partial charge is 0.350 e. The van der Waals surface area contributed by atoms with Gasteiger partial charge >= 0.3 is 0 Å². The van der Waals surface area contributed by atoms with Crippen LogP contribution in [0.3, 0.4) is 0 Å². The molecule has 5 heteroatoms. The van der Waals surface area contributed by atoms with Crippen molar-refractivity contribution >= 4 is 17.4 Å². The molecule has 128 valence electrons. The lowest BCUT2D eigenvalue weighted by Gasteiger charge is -2.14. The summed E-state index contributed by atoms with van der Waals surface area (Å²) in [5, 5.41) is 6.20. The van der Waals surface area contributed by atoms with E-state index in [4.69, 9.17) is 0 Å². The number of benzene rings is 1. The van der Waals surface area contributed by atoms with Crippen molar-refractivity contribution in [2.45, 2.75) is 40.5 Å². The monoisotopic (exact) mass is 326 g/mol. The molecule has 0 unspecified atom stereocenters. The van der Waals surface area contributed by atoms with E-state index in [1.165, 1.54) is 17.3 Å². The number of amides is 1. The molecule has 0 bridgehead atoms. The van der Waals surface area contributed by atoms with Gasteiger partial charge in [-0.1, -0.05) is 45.9 Å². The minimum atomic E-state index is -0.189. The summed E-state index contributed by atoms with van der Waals surface area (Å²) in [6.45, 7) is 9.00. The number of aromatic nitrogens is 2. The molecule has 2 rings (SSSR count). The summed E-state index contributed by atoms with van der Waals surface area (Å²) in [6, 6.07) is 6.31. The molecule has 0 aliphatic rings. The quantitative estimate of drug-likeness (QED) is 0.813. The van der Waals surface area contributed by atoms with Crippen LogP contribution in [0.4, 0.5) is 11.5 Å². The SMILES string of the molecule is CCc1cccc(CC)c1Nc1cnc(C(=O)NCC(C)C)cn1. The average Bonchev–Trinajstić information content (AvgIpc) is 2.60. The van der Waals surface area contributed by atoms with Crippen LogP contribution in [0.25, 0.3) is 0 Å². The summed E-state index contributed by atoms with van der Waals surface area (Å²) in [5.74, 6) is 0.859. The van der Waals surface area contributed by atoms with E-state index in [1.54, 1.807) is 6.20 Å². The maximum atomic E-state index is 12.0. The van der Waals surface area contributed by atoms with Gasteiger partial charge in [0.15, 0.2) is 0 Å². The smallest absolute Gasteiger partial charge is 0.271 e. The van der Waals surface area contributed by atoms with E-state index < -0.39 is 0 Å². The molecule has 2 N–H and O–H groups in total. The van der Waals surface area contributed by atoms with Crippen molar-refractivity contribution in [3.8, 4) is 0 Å². The first-order valence-corrected chi connectivity index (χ1v) is 8.53. The molecular weight excluding hydrogens is 300 g/mol. The summed E-state index contributed by atoms with van der Waals surface area (Å²) in [7, 11) is 0. The minimum absolute atomic E-state index is 0.189. The number of carbonyl (C=O) groups excluding carboxylic acids is 1. The van der Waals surface area contributed by atoms with Crippen LogP contribution in [0.15, 0.2) is 30.6 Å². The Morgan fingerprint density at radius 1 is 1.08 bits per heavy atom. The maximum absolute atomic E-state index is 12.0. The van der Waals surface area contributed by atoms with Gasteiger partial charge in [0.25, 0.3) is 5.91 Å². The first-order valence-electron chi connectivity index (χ1n) is 8.53. The van der Waals surface area contributed by atoms with Gasteiger partial charge in [0.1, 0.15) is 11.5 Å². The van der Waals surface area contributed by atoms with Crippen LogP contribution in [0.5, 0.6) is 0 Å². The zero-order valence-corrected chi connectivity index (χ0v) is 14.9. The Morgan fingerprint density at radius 2 is 1.75 bits per heavy atom. The molecule has 2 aromatic rings. The molecular formula is C19H26N4O. The molecule has 0 atom stereocenters. The number of anilines is 2. The molecule has 24 heavy (non-hydrogen) atoms. The van der Waals surface area contributed by atoms with E-state index in [1.807, 2.05) is 0 Å². The Kier molecular flexibility index (Phi) is 6.29. The molecule has 0 spiro atoms. The molecule has 1 heterocycles. The Bertz CT molecular complexity index is 658. The van der Waals surface area contributed by atoms with E-state index >= 15 is 0 Å². The number of hydrogen-bond donors (Lipinski definition) is 2. The molecule has 0 fully saturated rings.